The second-order valence-corrected chi connectivity index (χ2v) is 5.41. The van der Waals surface area contributed by atoms with Crippen LogP contribution in [0.3, 0.4) is 0 Å². The van der Waals surface area contributed by atoms with Crippen molar-refractivity contribution in [3.8, 4) is 6.07 Å². The van der Waals surface area contributed by atoms with E-state index >= 15 is 0 Å². The van der Waals surface area contributed by atoms with Crippen molar-refractivity contribution < 1.29 is 14.3 Å². The van der Waals surface area contributed by atoms with E-state index in [1.807, 2.05) is 9.80 Å². The molecule has 0 aliphatic carbocycles. The van der Waals surface area contributed by atoms with Gasteiger partial charge in [-0.3, -0.25) is 10.1 Å². The highest BCUT2D eigenvalue weighted by Crippen LogP contribution is 2.40. The second kappa shape index (κ2) is 6.67. The predicted octanol–water partition coefficient (Wildman–Crippen LogP) is 1.32. The van der Waals surface area contributed by atoms with Gasteiger partial charge in [-0.2, -0.15) is 5.26 Å². The molecule has 1 aromatic carbocycles. The normalized spacial score (nSPS) is 14.6. The van der Waals surface area contributed by atoms with E-state index in [0.717, 1.165) is 0 Å². The Kier molecular flexibility index (Phi) is 4.43. The summed E-state index contributed by atoms with van der Waals surface area (Å²) in [7, 11) is 1.80. The molecule has 0 saturated carbocycles. The fraction of sp³-hybridized carbons (Fsp3) is 0.500. The molecule has 0 amide bonds. The van der Waals surface area contributed by atoms with Gasteiger partial charge in [0.1, 0.15) is 5.69 Å². The van der Waals surface area contributed by atoms with Crippen molar-refractivity contribution in [3.63, 3.8) is 0 Å². The maximum Gasteiger partial charge on any atom is 0.323 e. The molecule has 1 aliphatic rings. The minimum absolute atomic E-state index is 0.114. The lowest BCUT2D eigenvalue weighted by atomic mass is 10.1. The van der Waals surface area contributed by atoms with Gasteiger partial charge < -0.3 is 14.5 Å². The lowest BCUT2D eigenvalue weighted by molar-refractivity contribution is -0.382. The van der Waals surface area contributed by atoms with Crippen molar-refractivity contribution in [2.24, 2.45) is 0 Å². The molecule has 2 heterocycles. The molecular weight excluding hydrogens is 316 g/mol. The Hall–Kier alpha value is -2.93. The summed E-state index contributed by atoms with van der Waals surface area (Å²) in [6, 6.07) is 3.80. The predicted molar refractivity (Wildman–Crippen MR) is 85.0 cm³/mol. The summed E-state index contributed by atoms with van der Waals surface area (Å²) >= 11 is 0. The van der Waals surface area contributed by atoms with Crippen LogP contribution in [0.2, 0.25) is 0 Å². The number of hydrogen-bond donors (Lipinski definition) is 0. The summed E-state index contributed by atoms with van der Waals surface area (Å²) in [4.78, 5) is 14.9. The van der Waals surface area contributed by atoms with Gasteiger partial charge in [0, 0.05) is 26.7 Å². The van der Waals surface area contributed by atoms with E-state index in [9.17, 15) is 10.1 Å². The average Bonchev–Trinajstić information content (AvgIpc) is 3.08. The number of nitrogens with zero attached hydrogens (tertiary/aromatic N) is 6. The highest BCUT2D eigenvalue weighted by molar-refractivity contribution is 6.00. The lowest BCUT2D eigenvalue weighted by Crippen LogP contribution is -2.36. The quantitative estimate of drug-likeness (QED) is 0.589. The van der Waals surface area contributed by atoms with Gasteiger partial charge in [0.2, 0.25) is 5.52 Å². The number of aromatic nitrogens is 2. The average molecular weight is 332 g/mol. The first-order valence-electron chi connectivity index (χ1n) is 7.48. The molecule has 126 valence electrons. The van der Waals surface area contributed by atoms with E-state index in [0.29, 0.717) is 56.2 Å². The maximum absolute atomic E-state index is 11.6. The monoisotopic (exact) mass is 332 g/mol. The van der Waals surface area contributed by atoms with Gasteiger partial charge in [-0.25, -0.2) is 4.63 Å². The Morgan fingerprint density at radius 3 is 2.79 bits per heavy atom. The van der Waals surface area contributed by atoms with Gasteiger partial charge in [-0.15, -0.1) is 0 Å². The topological polar surface area (TPSA) is 122 Å². The molecule has 0 N–H and O–H groups in total. The first kappa shape index (κ1) is 15.9. The molecule has 1 aliphatic heterocycles. The van der Waals surface area contributed by atoms with Crippen LogP contribution in [0.4, 0.5) is 17.1 Å². The molecule has 10 heteroatoms. The standard InChI is InChI=1S/C14H16N6O4/c1-18(4-2-3-15)10-9-11(19-5-7-23-8-6-19)14(20(21)22)13-12(10)16-24-17-13/h9H,2,4-8H2,1H3. The van der Waals surface area contributed by atoms with E-state index < -0.39 is 4.92 Å². The third-order valence-corrected chi connectivity index (χ3v) is 3.98. The van der Waals surface area contributed by atoms with Crippen LogP contribution in [0.25, 0.3) is 11.0 Å². The van der Waals surface area contributed by atoms with Crippen molar-refractivity contribution in [1.29, 1.82) is 5.26 Å². The zero-order chi connectivity index (χ0) is 17.1. The largest absolute Gasteiger partial charge is 0.378 e. The Labute approximate surface area is 137 Å². The number of nitro benzene ring substituents is 1. The number of nitro groups is 1. The first-order valence-corrected chi connectivity index (χ1v) is 7.48. The molecule has 1 fully saturated rings. The highest BCUT2D eigenvalue weighted by Gasteiger charge is 2.30. The summed E-state index contributed by atoms with van der Waals surface area (Å²) in [5, 5.41) is 27.9. The molecule has 3 rings (SSSR count). The van der Waals surface area contributed by atoms with Gasteiger partial charge >= 0.3 is 5.69 Å². The number of fused-ring (bicyclic) bond motifs is 1. The van der Waals surface area contributed by atoms with Gasteiger partial charge in [0.05, 0.1) is 36.3 Å². The van der Waals surface area contributed by atoms with Crippen LogP contribution in [0, 0.1) is 21.4 Å². The van der Waals surface area contributed by atoms with Gasteiger partial charge in [-0.1, -0.05) is 0 Å². The SMILES string of the molecule is CN(CCC#N)c1cc(N2CCOCC2)c([N+](=O)[O-])c2nonc12. The van der Waals surface area contributed by atoms with Crippen LogP contribution in [0.1, 0.15) is 6.42 Å². The Morgan fingerprint density at radius 1 is 1.42 bits per heavy atom. The van der Waals surface area contributed by atoms with Crippen LogP contribution in [0.5, 0.6) is 0 Å². The minimum atomic E-state index is -0.462. The number of morpholine rings is 1. The zero-order valence-electron chi connectivity index (χ0n) is 13.1. The fourth-order valence-electron chi connectivity index (χ4n) is 2.75. The van der Waals surface area contributed by atoms with Crippen LogP contribution < -0.4 is 9.80 Å². The third kappa shape index (κ3) is 2.81. The molecule has 0 atom stereocenters. The first-order chi connectivity index (χ1) is 11.6. The molecular formula is C14H16N6O4. The van der Waals surface area contributed by atoms with E-state index in [1.165, 1.54) is 0 Å². The van der Waals surface area contributed by atoms with Gasteiger partial charge in [0.15, 0.2) is 5.52 Å². The smallest absolute Gasteiger partial charge is 0.323 e. The van der Waals surface area contributed by atoms with Crippen molar-refractivity contribution in [1.82, 2.24) is 10.3 Å². The Bertz CT molecular complexity index is 792. The zero-order valence-corrected chi connectivity index (χ0v) is 13.1. The summed E-state index contributed by atoms with van der Waals surface area (Å²) in [5.41, 5.74) is 1.42. The molecule has 1 saturated heterocycles. The van der Waals surface area contributed by atoms with E-state index in [2.05, 4.69) is 16.4 Å². The number of anilines is 2. The molecule has 24 heavy (non-hydrogen) atoms. The number of hydrogen-bond acceptors (Lipinski definition) is 9. The van der Waals surface area contributed by atoms with Crippen LogP contribution >= 0.6 is 0 Å². The summed E-state index contributed by atoms with van der Waals surface area (Å²) in [6.45, 7) is 2.59. The number of benzene rings is 1. The Balaban J connectivity index is 2.15. The van der Waals surface area contributed by atoms with Crippen LogP contribution in [-0.4, -0.2) is 55.1 Å². The number of ether oxygens (including phenoxy) is 1. The molecule has 2 aromatic rings. The molecule has 0 spiro atoms. The molecule has 0 unspecified atom stereocenters. The summed E-state index contributed by atoms with van der Waals surface area (Å²) in [5.74, 6) is 0. The minimum Gasteiger partial charge on any atom is -0.378 e. The number of rotatable bonds is 5. The van der Waals surface area contributed by atoms with Crippen molar-refractivity contribution >= 4 is 28.1 Å². The lowest BCUT2D eigenvalue weighted by Gasteiger charge is -2.29. The Morgan fingerprint density at radius 2 is 2.12 bits per heavy atom. The fourth-order valence-corrected chi connectivity index (χ4v) is 2.75. The number of nitriles is 1. The van der Waals surface area contributed by atoms with E-state index in [1.54, 1.807) is 13.1 Å². The molecule has 10 nitrogen and oxygen atoms in total. The molecule has 0 bridgehead atoms. The van der Waals surface area contributed by atoms with Crippen molar-refractivity contribution in [2.45, 2.75) is 6.42 Å². The maximum atomic E-state index is 11.6. The van der Waals surface area contributed by atoms with Gasteiger partial charge in [0.25, 0.3) is 0 Å². The van der Waals surface area contributed by atoms with E-state index in [4.69, 9.17) is 14.6 Å². The van der Waals surface area contributed by atoms with E-state index in [-0.39, 0.29) is 11.2 Å². The van der Waals surface area contributed by atoms with Crippen LogP contribution in [0.15, 0.2) is 10.7 Å². The summed E-state index contributed by atoms with van der Waals surface area (Å²) in [6.07, 6.45) is 0.327. The summed E-state index contributed by atoms with van der Waals surface area (Å²) < 4.78 is 10.1. The van der Waals surface area contributed by atoms with Crippen LogP contribution in [-0.2, 0) is 4.74 Å². The van der Waals surface area contributed by atoms with Gasteiger partial charge in [-0.05, 0) is 16.4 Å². The second-order valence-electron chi connectivity index (χ2n) is 5.41. The highest BCUT2D eigenvalue weighted by atomic mass is 16.6. The molecule has 1 aromatic heterocycles. The third-order valence-electron chi connectivity index (χ3n) is 3.98. The van der Waals surface area contributed by atoms with Crippen molar-refractivity contribution in [2.75, 3.05) is 49.7 Å². The molecule has 0 radical (unpaired) electrons. The van der Waals surface area contributed by atoms with Crippen molar-refractivity contribution in [3.05, 3.63) is 16.2 Å².